The van der Waals surface area contributed by atoms with E-state index < -0.39 is 18.2 Å². The number of anilines is 4. The van der Waals surface area contributed by atoms with E-state index in [0.29, 0.717) is 72.4 Å². The molecule has 0 spiro atoms. The topological polar surface area (TPSA) is 288 Å². The second kappa shape index (κ2) is 43.1. The monoisotopic (exact) mass is 1720 g/mol. The molecule has 128 heavy (non-hydrogen) atoms. The van der Waals surface area contributed by atoms with Gasteiger partial charge in [0.15, 0.2) is 0 Å². The molecule has 12 aromatic rings. The predicted molar refractivity (Wildman–Crippen MR) is 504 cm³/mol. The molecule has 0 radical (unpaired) electrons. The summed E-state index contributed by atoms with van der Waals surface area (Å²) < 4.78 is 4.80. The number of benzene rings is 8. The Morgan fingerprint density at radius 2 is 0.758 bits per heavy atom. The van der Waals surface area contributed by atoms with E-state index in [1.165, 1.54) is 45.2 Å². The van der Waals surface area contributed by atoms with E-state index in [2.05, 4.69) is 84.9 Å². The number of aromatic amines is 1. The van der Waals surface area contributed by atoms with Gasteiger partial charge in [-0.25, -0.2) is 4.98 Å². The van der Waals surface area contributed by atoms with Crippen LogP contribution >= 0.6 is 0 Å². The third kappa shape index (κ3) is 23.6. The molecule has 16 atom stereocenters. The van der Waals surface area contributed by atoms with E-state index in [0.717, 1.165) is 177 Å². The minimum absolute atomic E-state index is 0.0110. The fourth-order valence-corrected chi connectivity index (χ4v) is 20.3. The van der Waals surface area contributed by atoms with Crippen LogP contribution in [-0.4, -0.2) is 72.9 Å². The van der Waals surface area contributed by atoms with Crippen molar-refractivity contribution in [3.63, 3.8) is 0 Å². The highest BCUT2D eigenvalue weighted by Crippen LogP contribution is 2.45. The van der Waals surface area contributed by atoms with Crippen LogP contribution < -0.4 is 32.4 Å². The van der Waals surface area contributed by atoms with Crippen molar-refractivity contribution in [2.24, 2.45) is 47.3 Å². The quantitative estimate of drug-likeness (QED) is 0.0245. The highest BCUT2D eigenvalue weighted by atomic mass is 16.3. The van der Waals surface area contributed by atoms with Crippen molar-refractivity contribution in [3.05, 3.63) is 367 Å². The second-order valence-corrected chi connectivity index (χ2v) is 36.6. The zero-order valence-corrected chi connectivity index (χ0v) is 73.8. The molecule has 2 aliphatic heterocycles. The van der Waals surface area contributed by atoms with Crippen molar-refractivity contribution in [3.8, 4) is 0 Å². The first kappa shape index (κ1) is 90.6. The van der Waals surface area contributed by atoms with Gasteiger partial charge < -0.3 is 51.2 Å². The maximum Gasteiger partial charge on any atom is 0.254 e. The van der Waals surface area contributed by atoms with Gasteiger partial charge in [0, 0.05) is 70.8 Å². The minimum Gasteiger partial charge on any atom is -0.388 e. The largest absolute Gasteiger partial charge is 0.388 e. The van der Waals surface area contributed by atoms with E-state index in [-0.39, 0.29) is 65.0 Å². The van der Waals surface area contributed by atoms with Gasteiger partial charge >= 0.3 is 0 Å². The lowest BCUT2D eigenvalue weighted by Gasteiger charge is -2.19. The summed E-state index contributed by atoms with van der Waals surface area (Å²) in [6, 6.07) is 83.4. The molecule has 664 valence electrons. The fraction of sp³-hybridized carbons (Fsp3) is 0.370. The zero-order chi connectivity index (χ0) is 89.2. The summed E-state index contributed by atoms with van der Waals surface area (Å²) in [7, 11) is 0. The number of carbonyl (C=O) groups is 4. The zero-order valence-electron chi connectivity index (χ0n) is 73.8. The summed E-state index contributed by atoms with van der Waals surface area (Å²) in [5, 5.41) is 59.1. The van der Waals surface area contributed by atoms with Gasteiger partial charge in [0.25, 0.3) is 11.1 Å². The number of hydrogen-bond acceptors (Lipinski definition) is 12. The second-order valence-electron chi connectivity index (χ2n) is 36.6. The van der Waals surface area contributed by atoms with E-state index >= 15 is 0 Å². The van der Waals surface area contributed by atoms with Crippen molar-refractivity contribution < 1.29 is 39.6 Å². The summed E-state index contributed by atoms with van der Waals surface area (Å²) in [5.74, 6) is 3.65. The van der Waals surface area contributed by atoms with Crippen LogP contribution in [0, 0.1) is 61.2 Å². The first-order valence-corrected chi connectivity index (χ1v) is 46.1. The number of aryl methyl sites for hydroxylation is 4. The molecular weight excluding hydrogens is 1600 g/mol. The van der Waals surface area contributed by atoms with Crippen molar-refractivity contribution in [2.75, 3.05) is 21.3 Å². The number of aliphatic hydroxyl groups excluding tert-OH is 4. The molecule has 18 rings (SSSR count). The maximum absolute atomic E-state index is 12.8. The lowest BCUT2D eigenvalue weighted by atomic mass is 9.91. The Labute approximate surface area is 750 Å². The summed E-state index contributed by atoms with van der Waals surface area (Å²) in [6.45, 7) is 7.66. The highest BCUT2D eigenvalue weighted by Gasteiger charge is 2.37. The molecule has 9 N–H and O–H groups in total. The number of fused-ring (bicyclic) bond motifs is 2. The van der Waals surface area contributed by atoms with Gasteiger partial charge in [0.1, 0.15) is 23.9 Å². The van der Waals surface area contributed by atoms with Crippen LogP contribution in [-0.2, 0) is 57.7 Å². The molecule has 4 amide bonds. The number of nitrogens with one attached hydrogen (secondary N) is 5. The van der Waals surface area contributed by atoms with Crippen LogP contribution in [0.3, 0.4) is 0 Å². The Kier molecular flexibility index (Phi) is 30.5. The third-order valence-corrected chi connectivity index (χ3v) is 27.5. The molecule has 2 unspecified atom stereocenters. The molecule has 20 nitrogen and oxygen atoms in total. The minimum atomic E-state index is -0.507. The Morgan fingerprint density at radius 1 is 0.391 bits per heavy atom. The van der Waals surface area contributed by atoms with Gasteiger partial charge in [-0.2, -0.15) is 5.10 Å². The van der Waals surface area contributed by atoms with E-state index in [4.69, 9.17) is 0 Å². The molecule has 20 heteroatoms. The van der Waals surface area contributed by atoms with Crippen LogP contribution in [0.15, 0.2) is 283 Å². The van der Waals surface area contributed by atoms with Crippen LogP contribution in [0.1, 0.15) is 225 Å². The van der Waals surface area contributed by atoms with Gasteiger partial charge in [-0.05, 0) is 314 Å². The average Bonchev–Trinajstić information content (AvgIpc) is 1.66. The number of H-pyrrole nitrogens is 1. The highest BCUT2D eigenvalue weighted by molar-refractivity contribution is 5.96. The Bertz CT molecular complexity index is 5390. The molecule has 6 aliphatic rings. The Hall–Kier alpha value is -12.2. The van der Waals surface area contributed by atoms with E-state index in [1.54, 1.807) is 15.3 Å². The number of carbonyl (C=O) groups excluding carboxylic acids is 4. The molecule has 4 aromatic heterocycles. The molecule has 4 saturated carbocycles. The third-order valence-electron chi connectivity index (χ3n) is 27.5. The van der Waals surface area contributed by atoms with Gasteiger partial charge in [0.05, 0.1) is 36.0 Å². The predicted octanol–water partition coefficient (Wildman–Crippen LogP) is 19.6. The van der Waals surface area contributed by atoms with Crippen LogP contribution in [0.5, 0.6) is 0 Å². The SMILES string of the molecule is Cc1ccc(C(C)C(=O)Nc2ccc(C[C@@H]3CC[C@H]([C@H](O)c4ccccc4)C3)cc2)[nH]1.Cc1ccn(C(C)C(=O)Nc2ccc(C[C@@H]3CC[C@H]([C@H](O)c4ccccc4)C3)cc2)n1.O=C(Nc1ccc(C[C@@H]2CC[C@H]([C@H](O)c3ccccc3)C2)cc1)[C@@H]1CCc2cccc(=O)n21.O=C(Nc1ccc(C[C@@H]2CC[C@H]([C@H](O)c3ccccc3)C2)cc1)[C@@H]1CCc2nccc(=O)n21. The van der Waals surface area contributed by atoms with E-state index in [1.807, 2.05) is 228 Å². The smallest absolute Gasteiger partial charge is 0.254 e. The molecular formula is C108H122N10O10. The van der Waals surface area contributed by atoms with Crippen LogP contribution in [0.4, 0.5) is 22.7 Å². The normalized spacial score (nSPS) is 21.5. The molecule has 4 aliphatic carbocycles. The molecule has 0 bridgehead atoms. The number of nitrogens with zero attached hydrogens (tertiary/aromatic N) is 5. The van der Waals surface area contributed by atoms with Crippen molar-refractivity contribution >= 4 is 46.4 Å². The Balaban J connectivity index is 0.000000131. The van der Waals surface area contributed by atoms with Gasteiger partial charge in [-0.1, -0.05) is 176 Å². The van der Waals surface area contributed by atoms with Crippen molar-refractivity contribution in [1.29, 1.82) is 0 Å². The maximum atomic E-state index is 12.8. The van der Waals surface area contributed by atoms with Gasteiger partial charge in [-0.15, -0.1) is 0 Å². The van der Waals surface area contributed by atoms with E-state index in [9.17, 15) is 49.2 Å². The van der Waals surface area contributed by atoms with Gasteiger partial charge in [0.2, 0.25) is 23.6 Å². The van der Waals surface area contributed by atoms with Crippen LogP contribution in [0.25, 0.3) is 0 Å². The van der Waals surface area contributed by atoms with Crippen molar-refractivity contribution in [2.45, 2.75) is 205 Å². The first-order valence-electron chi connectivity index (χ1n) is 46.1. The number of aromatic nitrogens is 6. The van der Waals surface area contributed by atoms with Crippen molar-refractivity contribution in [1.82, 2.24) is 28.9 Å². The first-order chi connectivity index (χ1) is 62.1. The summed E-state index contributed by atoms with van der Waals surface area (Å²) in [4.78, 5) is 82.5. The molecule has 6 heterocycles. The number of pyridine rings is 1. The number of aliphatic hydroxyl groups is 4. The summed E-state index contributed by atoms with van der Waals surface area (Å²) in [5.41, 5.74) is 15.7. The lowest BCUT2D eigenvalue weighted by Crippen LogP contribution is -2.31. The molecule has 0 saturated heterocycles. The standard InChI is InChI=1S/C28H30N2O3.C27H29N3O3.C27H32N2O2.C26H31N3O2/c31-26-8-4-7-24-15-16-25(30(24)26)28(33)29-23-13-10-19(11-14-23)17-20-9-12-22(18-20)27(32)21-5-2-1-3-6-21;31-25-14-15-28-24-13-12-23(30(24)25)27(33)29-22-10-7-18(8-11-22)16-19-6-9-21(17-19)26(32)20-4-2-1-3-5-20;1-18-8-15-25(28-18)19(2)27(31)29-24-13-10-20(11-14-24)16-21-9-12-23(17-21)26(30)22-6-4-3-5-7-22;1-18-14-15-29(28-18)19(2)26(31)27-24-12-9-20(10-13-24)16-21-8-11-23(17-21)25(30)22-6-4-3-5-7-22/h1-8,10-11,13-14,20,22,25,27,32H,9,12,15-18H2,(H,29,33);1-5,7-8,10-11,14-15,19,21,23,26,32H,6,9,12-13,16-17H2,(H,29,33);3-8,10-11,13-15,19,21,23,26,28,30H,9,12,16-17H2,1-2H3,(H,29,31);3-7,9-10,12-15,19,21,23,25,30H,8,11,16-17H2,1-2H3,(H,27,31)/t20-,22-,25-,27+;19-,21-,23-,26+;19?,21-,23-,26+;19?,21-,23-,25+/m0000/s1. The van der Waals surface area contributed by atoms with Crippen LogP contribution in [0.2, 0.25) is 0 Å². The molecule has 8 aromatic carbocycles. The number of amides is 4. The summed E-state index contributed by atoms with van der Waals surface area (Å²) in [6.07, 6.45) is 21.4. The van der Waals surface area contributed by atoms with Gasteiger partial charge in [-0.3, -0.25) is 38.0 Å². The Morgan fingerprint density at radius 3 is 1.13 bits per heavy atom. The average molecular weight is 1720 g/mol. The lowest BCUT2D eigenvalue weighted by molar-refractivity contribution is -0.119. The number of rotatable bonds is 26. The number of hydrogen-bond donors (Lipinski definition) is 9. The fourth-order valence-electron chi connectivity index (χ4n) is 20.3. The summed E-state index contributed by atoms with van der Waals surface area (Å²) >= 11 is 0. The molecule has 4 fully saturated rings.